The maximum atomic E-state index is 2.45. The lowest BCUT2D eigenvalue weighted by atomic mass is 9.90. The molecule has 226 valence electrons. The monoisotopic (exact) mass is 612 g/mol. The van der Waals surface area contributed by atoms with Crippen molar-refractivity contribution in [1.29, 1.82) is 0 Å². The van der Waals surface area contributed by atoms with Crippen molar-refractivity contribution < 1.29 is 0 Å². The molecule has 9 aromatic rings. The second-order valence-electron chi connectivity index (χ2n) is 12.1. The number of hydrogen-bond acceptors (Lipinski definition) is 1. The van der Waals surface area contributed by atoms with Gasteiger partial charge in [0.15, 0.2) is 0 Å². The third-order valence-corrected chi connectivity index (χ3v) is 9.37. The van der Waals surface area contributed by atoms with E-state index in [1.54, 1.807) is 0 Å². The van der Waals surface area contributed by atoms with E-state index in [-0.39, 0.29) is 0 Å². The van der Waals surface area contributed by atoms with Gasteiger partial charge in [0.2, 0.25) is 0 Å². The third-order valence-electron chi connectivity index (χ3n) is 9.37. The third kappa shape index (κ3) is 4.58. The molecule has 1 heterocycles. The molecule has 48 heavy (non-hydrogen) atoms. The van der Waals surface area contributed by atoms with Gasteiger partial charge in [0, 0.05) is 27.7 Å². The van der Waals surface area contributed by atoms with Crippen molar-refractivity contribution in [3.63, 3.8) is 0 Å². The first-order chi connectivity index (χ1) is 23.9. The quantitative estimate of drug-likeness (QED) is 0.181. The van der Waals surface area contributed by atoms with E-state index in [1.807, 2.05) is 0 Å². The lowest BCUT2D eigenvalue weighted by molar-refractivity contribution is 1.18. The smallest absolute Gasteiger partial charge is 0.0562 e. The topological polar surface area (TPSA) is 8.17 Å². The van der Waals surface area contributed by atoms with Crippen LogP contribution in [0.4, 0.5) is 17.1 Å². The first kappa shape index (κ1) is 27.9. The minimum Gasteiger partial charge on any atom is -0.309 e. The average molecular weight is 613 g/mol. The van der Waals surface area contributed by atoms with Crippen LogP contribution in [0.15, 0.2) is 194 Å². The largest absolute Gasteiger partial charge is 0.309 e. The van der Waals surface area contributed by atoms with Crippen molar-refractivity contribution in [2.75, 3.05) is 4.90 Å². The standard InChI is InChI=1S/C46H32N2/c1-4-17-33(18-5-1)37-27-14-19-34-20-15-28-39(45(34)37)38-25-10-12-29-41(38)47(35-21-6-2-7-22-35)43-31-16-32-44-46(43)40-26-11-13-30-42(40)48(44)36-23-8-3-9-24-36/h1-32H. The summed E-state index contributed by atoms with van der Waals surface area (Å²) < 4.78 is 2.39. The van der Waals surface area contributed by atoms with Crippen molar-refractivity contribution in [2.45, 2.75) is 0 Å². The molecule has 0 unspecified atom stereocenters. The zero-order chi connectivity index (χ0) is 31.9. The lowest BCUT2D eigenvalue weighted by Gasteiger charge is -2.29. The SMILES string of the molecule is c1ccc(-c2cccc3cccc(-c4ccccc4N(c4ccccc4)c4cccc5c4c4ccccc4n5-c4ccccc4)c23)cc1. The summed E-state index contributed by atoms with van der Waals surface area (Å²) in [6.07, 6.45) is 0. The summed E-state index contributed by atoms with van der Waals surface area (Å²) in [5.41, 5.74) is 11.7. The van der Waals surface area contributed by atoms with Gasteiger partial charge in [-0.2, -0.15) is 0 Å². The number of benzene rings is 8. The zero-order valence-electron chi connectivity index (χ0n) is 26.4. The molecule has 1 aromatic heterocycles. The van der Waals surface area contributed by atoms with E-state index in [0.29, 0.717) is 0 Å². The predicted octanol–water partition coefficient (Wildman–Crippen LogP) is 12.7. The minimum atomic E-state index is 1.11. The number of rotatable bonds is 6. The summed E-state index contributed by atoms with van der Waals surface area (Å²) in [5, 5.41) is 4.92. The number of hydrogen-bond donors (Lipinski definition) is 0. The number of nitrogens with zero attached hydrogens (tertiary/aromatic N) is 2. The Morgan fingerprint density at radius 1 is 0.354 bits per heavy atom. The number of fused-ring (bicyclic) bond motifs is 4. The van der Waals surface area contributed by atoms with Gasteiger partial charge in [0.1, 0.15) is 0 Å². The lowest BCUT2D eigenvalue weighted by Crippen LogP contribution is -2.11. The molecule has 0 saturated heterocycles. The van der Waals surface area contributed by atoms with Gasteiger partial charge in [-0.3, -0.25) is 0 Å². The van der Waals surface area contributed by atoms with Crippen LogP contribution in [-0.4, -0.2) is 4.57 Å². The molecule has 0 radical (unpaired) electrons. The Kier molecular flexibility index (Phi) is 6.84. The normalized spacial score (nSPS) is 11.3. The van der Waals surface area contributed by atoms with E-state index < -0.39 is 0 Å². The van der Waals surface area contributed by atoms with E-state index in [1.165, 1.54) is 54.8 Å². The highest BCUT2D eigenvalue weighted by atomic mass is 15.1. The number of aromatic nitrogens is 1. The molecule has 0 saturated carbocycles. The van der Waals surface area contributed by atoms with Crippen molar-refractivity contribution >= 4 is 49.6 Å². The summed E-state index contributed by atoms with van der Waals surface area (Å²) in [4.78, 5) is 2.45. The maximum absolute atomic E-state index is 2.45. The molecular weight excluding hydrogens is 581 g/mol. The van der Waals surface area contributed by atoms with Gasteiger partial charge in [-0.15, -0.1) is 0 Å². The van der Waals surface area contributed by atoms with Crippen molar-refractivity contribution in [3.05, 3.63) is 194 Å². The Morgan fingerprint density at radius 2 is 0.917 bits per heavy atom. The molecule has 0 N–H and O–H groups in total. The fourth-order valence-corrected chi connectivity index (χ4v) is 7.35. The summed E-state index contributed by atoms with van der Waals surface area (Å²) in [6.45, 7) is 0. The second-order valence-corrected chi connectivity index (χ2v) is 12.1. The Labute approximate surface area is 280 Å². The van der Waals surface area contributed by atoms with Crippen LogP contribution < -0.4 is 4.90 Å². The van der Waals surface area contributed by atoms with E-state index in [2.05, 4.69) is 204 Å². The van der Waals surface area contributed by atoms with Crippen LogP contribution in [0.2, 0.25) is 0 Å². The highest BCUT2D eigenvalue weighted by molar-refractivity contribution is 6.17. The predicted molar refractivity (Wildman–Crippen MR) is 204 cm³/mol. The zero-order valence-corrected chi connectivity index (χ0v) is 26.4. The Balaban J connectivity index is 1.36. The molecule has 0 atom stereocenters. The number of anilines is 3. The molecule has 0 aliphatic heterocycles. The van der Waals surface area contributed by atoms with Crippen molar-refractivity contribution in [1.82, 2.24) is 4.57 Å². The maximum Gasteiger partial charge on any atom is 0.0562 e. The fraction of sp³-hybridized carbons (Fsp3) is 0. The van der Waals surface area contributed by atoms with Gasteiger partial charge in [-0.25, -0.2) is 0 Å². The Bertz CT molecular complexity index is 2540. The molecule has 8 aromatic carbocycles. The van der Waals surface area contributed by atoms with Crippen LogP contribution in [0.25, 0.3) is 60.5 Å². The van der Waals surface area contributed by atoms with E-state index >= 15 is 0 Å². The van der Waals surface area contributed by atoms with Crippen LogP contribution in [0.3, 0.4) is 0 Å². The first-order valence-electron chi connectivity index (χ1n) is 16.5. The van der Waals surface area contributed by atoms with Crippen LogP contribution in [0.1, 0.15) is 0 Å². The summed E-state index contributed by atoms with van der Waals surface area (Å²) in [7, 11) is 0. The van der Waals surface area contributed by atoms with Gasteiger partial charge in [-0.05, 0) is 76.0 Å². The Morgan fingerprint density at radius 3 is 1.71 bits per heavy atom. The van der Waals surface area contributed by atoms with Crippen LogP contribution >= 0.6 is 0 Å². The van der Waals surface area contributed by atoms with Gasteiger partial charge in [0.25, 0.3) is 0 Å². The molecule has 0 aliphatic carbocycles. The molecular formula is C46H32N2. The van der Waals surface area contributed by atoms with Crippen LogP contribution in [-0.2, 0) is 0 Å². The highest BCUT2D eigenvalue weighted by Gasteiger charge is 2.23. The van der Waals surface area contributed by atoms with Crippen molar-refractivity contribution in [3.8, 4) is 27.9 Å². The summed E-state index contributed by atoms with van der Waals surface area (Å²) >= 11 is 0. The second kappa shape index (κ2) is 11.8. The van der Waals surface area contributed by atoms with Crippen LogP contribution in [0, 0.1) is 0 Å². The molecule has 0 fully saturated rings. The molecule has 2 nitrogen and oxygen atoms in total. The average Bonchev–Trinajstić information content (AvgIpc) is 3.51. The highest BCUT2D eigenvalue weighted by Crippen LogP contribution is 2.48. The number of para-hydroxylation sites is 4. The van der Waals surface area contributed by atoms with Gasteiger partial charge in [-0.1, -0.05) is 146 Å². The molecule has 0 spiro atoms. The Hall–Kier alpha value is -6.38. The van der Waals surface area contributed by atoms with Gasteiger partial charge < -0.3 is 9.47 Å². The molecule has 0 amide bonds. The van der Waals surface area contributed by atoms with Gasteiger partial charge in [0.05, 0.1) is 22.4 Å². The molecule has 9 rings (SSSR count). The fourth-order valence-electron chi connectivity index (χ4n) is 7.35. The summed E-state index contributed by atoms with van der Waals surface area (Å²) in [6, 6.07) is 69.8. The molecule has 0 aliphatic rings. The molecule has 0 bridgehead atoms. The van der Waals surface area contributed by atoms with E-state index in [9.17, 15) is 0 Å². The van der Waals surface area contributed by atoms with E-state index in [4.69, 9.17) is 0 Å². The first-order valence-corrected chi connectivity index (χ1v) is 16.5. The van der Waals surface area contributed by atoms with Crippen molar-refractivity contribution in [2.24, 2.45) is 0 Å². The minimum absolute atomic E-state index is 1.11. The van der Waals surface area contributed by atoms with Gasteiger partial charge >= 0.3 is 0 Å². The van der Waals surface area contributed by atoms with E-state index in [0.717, 1.165) is 22.7 Å². The molecule has 2 heteroatoms. The van der Waals surface area contributed by atoms with Crippen LogP contribution in [0.5, 0.6) is 0 Å². The summed E-state index contributed by atoms with van der Waals surface area (Å²) in [5.74, 6) is 0.